The van der Waals surface area contributed by atoms with Crippen molar-refractivity contribution in [3.8, 4) is 0 Å². The van der Waals surface area contributed by atoms with Crippen molar-refractivity contribution in [3.63, 3.8) is 0 Å². The lowest BCUT2D eigenvalue weighted by Crippen LogP contribution is -2.28. The third-order valence-corrected chi connectivity index (χ3v) is 4.26. The van der Waals surface area contributed by atoms with Crippen LogP contribution in [0.25, 0.3) is 0 Å². The molecule has 2 aliphatic rings. The molecule has 2 fully saturated rings. The summed E-state index contributed by atoms with van der Waals surface area (Å²) in [6.45, 7) is 3.05. The molecule has 3 nitrogen and oxygen atoms in total. The molecule has 1 aliphatic carbocycles. The van der Waals surface area contributed by atoms with Crippen LogP contribution in [0.3, 0.4) is 0 Å². The zero-order valence-corrected chi connectivity index (χ0v) is 11.7. The van der Waals surface area contributed by atoms with Gasteiger partial charge in [0.25, 0.3) is 0 Å². The molecule has 1 saturated heterocycles. The lowest BCUT2D eigenvalue weighted by Gasteiger charge is -2.21. The minimum atomic E-state index is 0.366. The first kappa shape index (κ1) is 15.9. The van der Waals surface area contributed by atoms with Gasteiger partial charge in [-0.25, -0.2) is 0 Å². The van der Waals surface area contributed by atoms with Crippen molar-refractivity contribution in [2.45, 2.75) is 57.8 Å². The molecule has 1 aliphatic heterocycles. The highest BCUT2D eigenvalue weighted by atomic mass is 16.3. The molecule has 0 aromatic rings. The first-order valence-corrected chi connectivity index (χ1v) is 7.79. The van der Waals surface area contributed by atoms with E-state index in [0.717, 1.165) is 37.8 Å². The highest BCUT2D eigenvalue weighted by molar-refractivity contribution is 4.67. The second kappa shape index (κ2) is 10.8. The van der Waals surface area contributed by atoms with Gasteiger partial charge in [0, 0.05) is 13.2 Å². The summed E-state index contributed by atoms with van der Waals surface area (Å²) < 4.78 is 0. The average molecular weight is 257 g/mol. The van der Waals surface area contributed by atoms with Crippen molar-refractivity contribution < 1.29 is 10.2 Å². The molecule has 108 valence electrons. The average Bonchev–Trinajstić information content (AvgIpc) is 2.43. The molecule has 3 heteroatoms. The standard InChI is InChI=1S/C8H16O.C7H15NO/c9-7-6-8-4-2-1-3-5-8;9-6-3-7-1-4-8-5-2-7/h8-9H,1-7H2;7-9H,1-6H2. The van der Waals surface area contributed by atoms with E-state index in [9.17, 15) is 0 Å². The summed E-state index contributed by atoms with van der Waals surface area (Å²) in [4.78, 5) is 0. The Morgan fingerprint density at radius 2 is 1.22 bits per heavy atom. The van der Waals surface area contributed by atoms with Crippen molar-refractivity contribution in [1.29, 1.82) is 0 Å². The summed E-state index contributed by atoms with van der Waals surface area (Å²) in [5, 5.41) is 20.5. The van der Waals surface area contributed by atoms with E-state index in [0.29, 0.717) is 13.2 Å². The molecule has 1 saturated carbocycles. The monoisotopic (exact) mass is 257 g/mol. The highest BCUT2D eigenvalue weighted by Gasteiger charge is 2.11. The van der Waals surface area contributed by atoms with E-state index >= 15 is 0 Å². The van der Waals surface area contributed by atoms with Crippen LogP contribution in [0.1, 0.15) is 57.8 Å². The van der Waals surface area contributed by atoms with E-state index in [-0.39, 0.29) is 0 Å². The first-order valence-electron chi connectivity index (χ1n) is 7.79. The quantitative estimate of drug-likeness (QED) is 0.724. The molecule has 0 radical (unpaired) electrons. The fourth-order valence-electron chi connectivity index (χ4n) is 3.01. The molecule has 1 heterocycles. The number of hydrogen-bond acceptors (Lipinski definition) is 3. The summed E-state index contributed by atoms with van der Waals surface area (Å²) >= 11 is 0. The van der Waals surface area contributed by atoms with Crippen LogP contribution in [0.4, 0.5) is 0 Å². The van der Waals surface area contributed by atoms with Gasteiger partial charge in [-0.15, -0.1) is 0 Å². The summed E-state index contributed by atoms with van der Waals surface area (Å²) in [6.07, 6.45) is 11.5. The number of nitrogens with one attached hydrogen (secondary N) is 1. The molecule has 2 rings (SSSR count). The van der Waals surface area contributed by atoms with Crippen LogP contribution in [-0.2, 0) is 0 Å². The largest absolute Gasteiger partial charge is 0.396 e. The maximum Gasteiger partial charge on any atom is 0.0433 e. The summed E-state index contributed by atoms with van der Waals surface area (Å²) in [7, 11) is 0. The predicted molar refractivity (Wildman–Crippen MR) is 75.6 cm³/mol. The van der Waals surface area contributed by atoms with Gasteiger partial charge in [-0.05, 0) is 50.6 Å². The van der Waals surface area contributed by atoms with Gasteiger partial charge >= 0.3 is 0 Å². The van der Waals surface area contributed by atoms with E-state index in [1.54, 1.807) is 0 Å². The van der Waals surface area contributed by atoms with Crippen molar-refractivity contribution in [1.82, 2.24) is 5.32 Å². The number of rotatable bonds is 4. The third kappa shape index (κ3) is 7.34. The van der Waals surface area contributed by atoms with E-state index in [1.807, 2.05) is 0 Å². The number of aliphatic hydroxyl groups excluding tert-OH is 2. The number of piperidine rings is 1. The van der Waals surface area contributed by atoms with Crippen molar-refractivity contribution in [2.75, 3.05) is 26.3 Å². The molecule has 0 unspecified atom stereocenters. The van der Waals surface area contributed by atoms with Gasteiger partial charge < -0.3 is 15.5 Å². The molecular weight excluding hydrogens is 226 g/mol. The van der Waals surface area contributed by atoms with Gasteiger partial charge in [0.05, 0.1) is 0 Å². The van der Waals surface area contributed by atoms with Crippen molar-refractivity contribution >= 4 is 0 Å². The normalized spacial score (nSPS) is 22.3. The van der Waals surface area contributed by atoms with Crippen molar-refractivity contribution in [3.05, 3.63) is 0 Å². The fourth-order valence-corrected chi connectivity index (χ4v) is 3.01. The summed E-state index contributed by atoms with van der Waals surface area (Å²) in [5.74, 6) is 1.64. The Morgan fingerprint density at radius 1 is 0.722 bits per heavy atom. The van der Waals surface area contributed by atoms with Crippen LogP contribution < -0.4 is 5.32 Å². The van der Waals surface area contributed by atoms with Crippen LogP contribution in [0.15, 0.2) is 0 Å². The molecule has 3 N–H and O–H groups in total. The highest BCUT2D eigenvalue weighted by Crippen LogP contribution is 2.25. The Bertz CT molecular complexity index is 150. The van der Waals surface area contributed by atoms with Crippen LogP contribution in [-0.4, -0.2) is 36.5 Å². The fraction of sp³-hybridized carbons (Fsp3) is 1.00. The molecule has 0 amide bonds. The second-order valence-electron chi connectivity index (χ2n) is 5.72. The molecule has 0 aromatic carbocycles. The SMILES string of the molecule is OCCC1CCCCC1.OCCC1CCNCC1. The second-order valence-corrected chi connectivity index (χ2v) is 5.72. The van der Waals surface area contributed by atoms with Gasteiger partial charge in [-0.2, -0.15) is 0 Å². The van der Waals surface area contributed by atoms with Crippen LogP contribution in [0, 0.1) is 11.8 Å². The molecular formula is C15H31NO2. The minimum Gasteiger partial charge on any atom is -0.396 e. The molecule has 0 spiro atoms. The zero-order chi connectivity index (χ0) is 13.1. The van der Waals surface area contributed by atoms with Crippen molar-refractivity contribution in [2.24, 2.45) is 11.8 Å². The lowest BCUT2D eigenvalue weighted by molar-refractivity contribution is 0.230. The zero-order valence-electron chi connectivity index (χ0n) is 11.7. The van der Waals surface area contributed by atoms with Gasteiger partial charge in [-0.3, -0.25) is 0 Å². The van der Waals surface area contributed by atoms with Gasteiger partial charge in [0.1, 0.15) is 0 Å². The summed E-state index contributed by atoms with van der Waals surface area (Å²) in [6, 6.07) is 0. The molecule has 0 aromatic heterocycles. The summed E-state index contributed by atoms with van der Waals surface area (Å²) in [5.41, 5.74) is 0. The van der Waals surface area contributed by atoms with E-state index in [1.165, 1.54) is 44.9 Å². The smallest absolute Gasteiger partial charge is 0.0433 e. The first-order chi connectivity index (χ1) is 8.86. The van der Waals surface area contributed by atoms with Crippen LogP contribution in [0.2, 0.25) is 0 Å². The van der Waals surface area contributed by atoms with Crippen LogP contribution >= 0.6 is 0 Å². The Hall–Kier alpha value is -0.120. The maximum atomic E-state index is 8.62. The topological polar surface area (TPSA) is 52.5 Å². The van der Waals surface area contributed by atoms with Crippen LogP contribution in [0.5, 0.6) is 0 Å². The lowest BCUT2D eigenvalue weighted by atomic mass is 9.87. The minimum absolute atomic E-state index is 0.366. The van der Waals surface area contributed by atoms with Gasteiger partial charge in [0.2, 0.25) is 0 Å². The van der Waals surface area contributed by atoms with E-state index in [2.05, 4.69) is 5.32 Å². The Kier molecular flexibility index (Phi) is 9.54. The number of hydrogen-bond donors (Lipinski definition) is 3. The van der Waals surface area contributed by atoms with Gasteiger partial charge in [-0.1, -0.05) is 32.1 Å². The third-order valence-electron chi connectivity index (χ3n) is 4.26. The van der Waals surface area contributed by atoms with E-state index in [4.69, 9.17) is 10.2 Å². The van der Waals surface area contributed by atoms with Gasteiger partial charge in [0.15, 0.2) is 0 Å². The van der Waals surface area contributed by atoms with E-state index < -0.39 is 0 Å². The molecule has 0 bridgehead atoms. The Labute approximate surface area is 112 Å². The number of aliphatic hydroxyl groups is 2. The Balaban J connectivity index is 0.000000180. The predicted octanol–water partition coefficient (Wildman–Crippen LogP) is 2.32. The molecule has 18 heavy (non-hydrogen) atoms. The molecule has 0 atom stereocenters. The Morgan fingerprint density at radius 3 is 1.72 bits per heavy atom. The maximum absolute atomic E-state index is 8.62.